The third-order valence-electron chi connectivity index (χ3n) is 5.09. The van der Waals surface area contributed by atoms with E-state index in [1.807, 2.05) is 0 Å². The maximum Gasteiger partial charge on any atom is 0.119 e. The Hall–Kier alpha value is -1.25. The van der Waals surface area contributed by atoms with Crippen LogP contribution in [0, 0.1) is 5.92 Å². The van der Waals surface area contributed by atoms with Gasteiger partial charge < -0.3 is 9.64 Å². The highest BCUT2D eigenvalue weighted by Crippen LogP contribution is 2.25. The van der Waals surface area contributed by atoms with Gasteiger partial charge in [-0.15, -0.1) is 12.4 Å². The number of likely N-dealkylation sites (tertiary alicyclic amines) is 1. The monoisotopic (exact) mass is 347 g/mol. The van der Waals surface area contributed by atoms with Gasteiger partial charge >= 0.3 is 0 Å². The zero-order valence-electron chi connectivity index (χ0n) is 15.0. The number of benzene rings is 2. The number of hydrogen-bond acceptors (Lipinski definition) is 2. The van der Waals surface area contributed by atoms with Crippen LogP contribution < -0.4 is 4.74 Å². The van der Waals surface area contributed by atoms with E-state index in [1.165, 1.54) is 68.1 Å². The van der Waals surface area contributed by atoms with Gasteiger partial charge in [-0.2, -0.15) is 0 Å². The van der Waals surface area contributed by atoms with Crippen molar-refractivity contribution < 1.29 is 4.74 Å². The van der Waals surface area contributed by atoms with E-state index < -0.39 is 0 Å². The number of nitrogens with zero attached hydrogens (tertiary/aromatic N) is 1. The minimum atomic E-state index is 0. The Morgan fingerprint density at radius 2 is 2.04 bits per heavy atom. The molecule has 0 N–H and O–H groups in total. The summed E-state index contributed by atoms with van der Waals surface area (Å²) in [6.45, 7) is 6.26. The Bertz CT molecular complexity index is 643. The maximum absolute atomic E-state index is 5.33. The first-order chi connectivity index (χ1) is 11.3. The highest BCUT2D eigenvalue weighted by Gasteiger charge is 2.15. The lowest BCUT2D eigenvalue weighted by Gasteiger charge is -2.30. The predicted molar refractivity (Wildman–Crippen MR) is 106 cm³/mol. The van der Waals surface area contributed by atoms with Crippen molar-refractivity contribution in [3.05, 3.63) is 42.0 Å². The highest BCUT2D eigenvalue weighted by molar-refractivity contribution is 5.87. The molecule has 3 rings (SSSR count). The van der Waals surface area contributed by atoms with Gasteiger partial charge in [0.25, 0.3) is 0 Å². The number of hydrogen-bond donors (Lipinski definition) is 0. The van der Waals surface area contributed by atoms with Gasteiger partial charge in [-0.3, -0.25) is 0 Å². The van der Waals surface area contributed by atoms with Crippen LogP contribution in [-0.2, 0) is 6.42 Å². The number of unbranched alkanes of at least 4 members (excludes halogenated alkanes) is 1. The third-order valence-corrected chi connectivity index (χ3v) is 5.09. The smallest absolute Gasteiger partial charge is 0.119 e. The van der Waals surface area contributed by atoms with Crippen LogP contribution in [0.2, 0.25) is 0 Å². The molecule has 0 spiro atoms. The van der Waals surface area contributed by atoms with Gasteiger partial charge in [0.15, 0.2) is 0 Å². The molecular formula is C21H30ClNO. The Kier molecular flexibility index (Phi) is 7.39. The van der Waals surface area contributed by atoms with Crippen molar-refractivity contribution in [2.24, 2.45) is 5.92 Å². The predicted octanol–water partition coefficient (Wildman–Crippen LogP) is 5.32. The molecule has 2 aromatic rings. The third kappa shape index (κ3) is 4.87. The first-order valence-corrected chi connectivity index (χ1v) is 9.04. The zero-order valence-corrected chi connectivity index (χ0v) is 15.8. The van der Waals surface area contributed by atoms with Crippen LogP contribution >= 0.6 is 12.4 Å². The minimum absolute atomic E-state index is 0. The van der Waals surface area contributed by atoms with Gasteiger partial charge in [-0.1, -0.05) is 31.2 Å². The number of piperidine rings is 1. The van der Waals surface area contributed by atoms with Crippen LogP contribution in [0.1, 0.15) is 38.2 Å². The number of fused-ring (bicyclic) bond motifs is 1. The number of methoxy groups -OCH3 is 1. The van der Waals surface area contributed by atoms with Crippen molar-refractivity contribution in [3.8, 4) is 5.75 Å². The maximum atomic E-state index is 5.33. The molecule has 1 atom stereocenters. The fourth-order valence-electron chi connectivity index (χ4n) is 3.81. The quantitative estimate of drug-likeness (QED) is 0.655. The summed E-state index contributed by atoms with van der Waals surface area (Å²) in [6.07, 6.45) is 6.55. The Balaban J connectivity index is 0.00000208. The number of aryl methyl sites for hydroxylation is 1. The first kappa shape index (κ1) is 19.1. The lowest BCUT2D eigenvalue weighted by atomic mass is 9.98. The van der Waals surface area contributed by atoms with Gasteiger partial charge in [0.2, 0.25) is 0 Å². The average Bonchev–Trinajstić information content (AvgIpc) is 2.58. The molecule has 1 saturated heterocycles. The molecule has 0 amide bonds. The molecule has 0 saturated carbocycles. The Morgan fingerprint density at radius 1 is 1.17 bits per heavy atom. The second-order valence-electron chi connectivity index (χ2n) is 7.01. The van der Waals surface area contributed by atoms with Crippen molar-refractivity contribution in [1.29, 1.82) is 0 Å². The molecule has 2 nitrogen and oxygen atoms in total. The molecule has 24 heavy (non-hydrogen) atoms. The second kappa shape index (κ2) is 9.29. The van der Waals surface area contributed by atoms with E-state index in [2.05, 4.69) is 48.2 Å². The fourth-order valence-corrected chi connectivity index (χ4v) is 3.81. The lowest BCUT2D eigenvalue weighted by Crippen LogP contribution is -2.34. The topological polar surface area (TPSA) is 12.5 Å². The molecule has 0 radical (unpaired) electrons. The van der Waals surface area contributed by atoms with Gasteiger partial charge in [0.05, 0.1) is 7.11 Å². The van der Waals surface area contributed by atoms with Crippen molar-refractivity contribution in [2.75, 3.05) is 26.7 Å². The summed E-state index contributed by atoms with van der Waals surface area (Å²) in [6, 6.07) is 13.0. The van der Waals surface area contributed by atoms with Crippen LogP contribution in [-0.4, -0.2) is 31.6 Å². The number of rotatable bonds is 6. The molecular weight excluding hydrogens is 318 g/mol. The largest absolute Gasteiger partial charge is 0.497 e. The second-order valence-corrected chi connectivity index (χ2v) is 7.01. The van der Waals surface area contributed by atoms with Crippen LogP contribution in [0.5, 0.6) is 5.75 Å². The molecule has 2 aromatic carbocycles. The van der Waals surface area contributed by atoms with Crippen LogP contribution in [0.15, 0.2) is 36.4 Å². The van der Waals surface area contributed by atoms with Crippen molar-refractivity contribution in [2.45, 2.75) is 39.0 Å². The molecule has 0 aliphatic carbocycles. The summed E-state index contributed by atoms with van der Waals surface area (Å²) >= 11 is 0. The summed E-state index contributed by atoms with van der Waals surface area (Å²) in [4.78, 5) is 2.65. The van der Waals surface area contributed by atoms with Gasteiger partial charge in [0.1, 0.15) is 5.75 Å². The molecule has 1 aliphatic rings. The molecule has 0 bridgehead atoms. The van der Waals surface area contributed by atoms with Gasteiger partial charge in [-0.05, 0) is 79.6 Å². The SMILES string of the molecule is COc1ccc2c(CCCCN3CCC[C@H](C)C3)cccc2c1.Cl. The highest BCUT2D eigenvalue weighted by atomic mass is 35.5. The average molecular weight is 348 g/mol. The molecule has 1 fully saturated rings. The van der Waals surface area contributed by atoms with E-state index in [9.17, 15) is 0 Å². The van der Waals surface area contributed by atoms with E-state index in [0.29, 0.717) is 0 Å². The fraction of sp³-hybridized carbons (Fsp3) is 0.524. The summed E-state index contributed by atoms with van der Waals surface area (Å²) in [7, 11) is 1.73. The van der Waals surface area contributed by atoms with Crippen molar-refractivity contribution in [3.63, 3.8) is 0 Å². The zero-order chi connectivity index (χ0) is 16.1. The Labute approximate surface area is 152 Å². The molecule has 0 unspecified atom stereocenters. The normalized spacial score (nSPS) is 18.3. The van der Waals surface area contributed by atoms with E-state index in [4.69, 9.17) is 4.74 Å². The van der Waals surface area contributed by atoms with E-state index in [1.54, 1.807) is 7.11 Å². The lowest BCUT2D eigenvalue weighted by molar-refractivity contribution is 0.181. The summed E-state index contributed by atoms with van der Waals surface area (Å²) < 4.78 is 5.33. The first-order valence-electron chi connectivity index (χ1n) is 9.04. The van der Waals surface area contributed by atoms with E-state index in [-0.39, 0.29) is 12.4 Å². The van der Waals surface area contributed by atoms with E-state index >= 15 is 0 Å². The molecule has 132 valence electrons. The molecule has 3 heteroatoms. The standard InChI is InChI=1S/C21H29NO.ClH/c1-17-7-6-14-22(16-17)13-4-3-8-18-9-5-10-19-15-20(23-2)11-12-21(18)19;/h5,9-12,15,17H,3-4,6-8,13-14,16H2,1-2H3;1H/t17-;/m0./s1. The molecule has 1 heterocycles. The van der Waals surface area contributed by atoms with Crippen LogP contribution in [0.3, 0.4) is 0 Å². The van der Waals surface area contributed by atoms with Crippen LogP contribution in [0.25, 0.3) is 10.8 Å². The minimum Gasteiger partial charge on any atom is -0.497 e. The molecule has 0 aromatic heterocycles. The van der Waals surface area contributed by atoms with E-state index in [0.717, 1.165) is 11.7 Å². The summed E-state index contributed by atoms with van der Waals surface area (Å²) in [5, 5.41) is 2.66. The van der Waals surface area contributed by atoms with Crippen LogP contribution in [0.4, 0.5) is 0 Å². The number of halogens is 1. The van der Waals surface area contributed by atoms with Crippen molar-refractivity contribution >= 4 is 23.2 Å². The molecule has 1 aliphatic heterocycles. The van der Waals surface area contributed by atoms with Gasteiger partial charge in [-0.25, -0.2) is 0 Å². The summed E-state index contributed by atoms with van der Waals surface area (Å²) in [5.74, 6) is 1.82. The van der Waals surface area contributed by atoms with Crippen molar-refractivity contribution in [1.82, 2.24) is 4.90 Å². The summed E-state index contributed by atoms with van der Waals surface area (Å²) in [5.41, 5.74) is 1.47. The number of ether oxygens (including phenoxy) is 1. The Morgan fingerprint density at radius 3 is 2.83 bits per heavy atom. The van der Waals surface area contributed by atoms with Gasteiger partial charge in [0, 0.05) is 6.54 Å².